The van der Waals surface area contributed by atoms with Crippen molar-refractivity contribution in [2.75, 3.05) is 12.4 Å². The molecule has 0 aliphatic carbocycles. The van der Waals surface area contributed by atoms with Gasteiger partial charge in [-0.15, -0.1) is 0 Å². The standard InChI is InChI=1S/C17H21N3O3/c1-4-14(18)17(21)20-16-10-13(7-8-19-16)23-12-6-5-11(2)15(9-12)22-3/h5-10,14H,4,18H2,1-3H3,(H,19,20,21)/t14-/m1/s1. The first-order valence-corrected chi connectivity index (χ1v) is 7.38. The molecule has 0 radical (unpaired) electrons. The quantitative estimate of drug-likeness (QED) is 0.856. The van der Waals surface area contributed by atoms with E-state index in [1.54, 1.807) is 31.5 Å². The van der Waals surface area contributed by atoms with Crippen LogP contribution in [0.3, 0.4) is 0 Å². The molecule has 1 aromatic heterocycles. The molecule has 0 saturated heterocycles. The summed E-state index contributed by atoms with van der Waals surface area (Å²) in [5.74, 6) is 2.08. The maximum Gasteiger partial charge on any atom is 0.242 e. The predicted molar refractivity (Wildman–Crippen MR) is 88.9 cm³/mol. The Hall–Kier alpha value is -2.60. The zero-order valence-corrected chi connectivity index (χ0v) is 13.5. The number of nitrogens with one attached hydrogen (secondary N) is 1. The van der Waals surface area contributed by atoms with E-state index in [1.807, 2.05) is 26.0 Å². The molecule has 122 valence electrons. The van der Waals surface area contributed by atoms with E-state index in [0.717, 1.165) is 11.3 Å². The van der Waals surface area contributed by atoms with Crippen molar-refractivity contribution in [3.05, 3.63) is 42.1 Å². The number of methoxy groups -OCH3 is 1. The van der Waals surface area contributed by atoms with Crippen LogP contribution in [0.5, 0.6) is 17.2 Å². The number of amides is 1. The normalized spacial score (nSPS) is 11.7. The van der Waals surface area contributed by atoms with Gasteiger partial charge in [0.25, 0.3) is 0 Å². The minimum Gasteiger partial charge on any atom is -0.496 e. The Morgan fingerprint density at radius 3 is 2.74 bits per heavy atom. The number of ether oxygens (including phenoxy) is 2. The van der Waals surface area contributed by atoms with E-state index in [1.165, 1.54) is 0 Å². The summed E-state index contributed by atoms with van der Waals surface area (Å²) in [6, 6.07) is 8.37. The van der Waals surface area contributed by atoms with Crippen LogP contribution in [0.25, 0.3) is 0 Å². The first-order valence-electron chi connectivity index (χ1n) is 7.38. The third kappa shape index (κ3) is 4.43. The first kappa shape index (κ1) is 16.8. The van der Waals surface area contributed by atoms with Crippen LogP contribution in [-0.2, 0) is 4.79 Å². The lowest BCUT2D eigenvalue weighted by molar-refractivity contribution is -0.117. The fourth-order valence-corrected chi connectivity index (χ4v) is 1.95. The van der Waals surface area contributed by atoms with Gasteiger partial charge in [0.2, 0.25) is 5.91 Å². The topological polar surface area (TPSA) is 86.5 Å². The average molecular weight is 315 g/mol. The molecule has 2 aromatic rings. The molecule has 0 aliphatic rings. The molecule has 1 amide bonds. The SMILES string of the molecule is CC[C@@H](N)C(=O)Nc1cc(Oc2ccc(C)c(OC)c2)ccn1. The number of benzene rings is 1. The van der Waals surface area contributed by atoms with E-state index in [4.69, 9.17) is 15.2 Å². The number of carbonyl (C=O) groups excluding carboxylic acids is 1. The summed E-state index contributed by atoms with van der Waals surface area (Å²) >= 11 is 0. The van der Waals surface area contributed by atoms with Crippen LogP contribution in [0.2, 0.25) is 0 Å². The Labute approximate surface area is 135 Å². The largest absolute Gasteiger partial charge is 0.496 e. The number of hydrogen-bond acceptors (Lipinski definition) is 5. The molecule has 1 atom stereocenters. The molecular weight excluding hydrogens is 294 g/mol. The number of rotatable bonds is 6. The van der Waals surface area contributed by atoms with Crippen LogP contribution < -0.4 is 20.5 Å². The number of nitrogens with zero attached hydrogens (tertiary/aromatic N) is 1. The van der Waals surface area contributed by atoms with Crippen LogP contribution in [0.15, 0.2) is 36.5 Å². The number of aromatic nitrogens is 1. The molecule has 6 nitrogen and oxygen atoms in total. The Bertz CT molecular complexity index is 689. The van der Waals surface area contributed by atoms with Crippen LogP contribution in [-0.4, -0.2) is 24.0 Å². The van der Waals surface area contributed by atoms with Crippen molar-refractivity contribution in [3.8, 4) is 17.2 Å². The van der Waals surface area contributed by atoms with Crippen molar-refractivity contribution in [1.29, 1.82) is 0 Å². The highest BCUT2D eigenvalue weighted by Crippen LogP contribution is 2.28. The number of nitrogens with two attached hydrogens (primary N) is 1. The van der Waals surface area contributed by atoms with Gasteiger partial charge >= 0.3 is 0 Å². The molecule has 1 aromatic carbocycles. The van der Waals surface area contributed by atoms with Crippen LogP contribution in [0.1, 0.15) is 18.9 Å². The zero-order chi connectivity index (χ0) is 16.8. The average Bonchev–Trinajstić information content (AvgIpc) is 2.56. The van der Waals surface area contributed by atoms with E-state index in [-0.39, 0.29) is 5.91 Å². The number of pyridine rings is 1. The summed E-state index contributed by atoms with van der Waals surface area (Å²) in [5.41, 5.74) is 6.71. The van der Waals surface area contributed by atoms with E-state index >= 15 is 0 Å². The van der Waals surface area contributed by atoms with Gasteiger partial charge in [0.05, 0.1) is 13.2 Å². The van der Waals surface area contributed by atoms with E-state index in [2.05, 4.69) is 10.3 Å². The van der Waals surface area contributed by atoms with Crippen molar-refractivity contribution in [2.45, 2.75) is 26.3 Å². The van der Waals surface area contributed by atoms with Crippen LogP contribution >= 0.6 is 0 Å². The highest BCUT2D eigenvalue weighted by molar-refractivity contribution is 5.93. The lowest BCUT2D eigenvalue weighted by atomic mass is 10.2. The second kappa shape index (κ2) is 7.60. The van der Waals surface area contributed by atoms with Gasteiger partial charge in [0.15, 0.2) is 0 Å². The minimum atomic E-state index is -0.553. The molecule has 0 spiro atoms. The molecule has 6 heteroatoms. The van der Waals surface area contributed by atoms with Crippen molar-refractivity contribution < 1.29 is 14.3 Å². The molecule has 1 heterocycles. The van der Waals surface area contributed by atoms with Gasteiger partial charge in [0, 0.05) is 18.3 Å². The van der Waals surface area contributed by atoms with Crippen LogP contribution in [0.4, 0.5) is 5.82 Å². The Balaban J connectivity index is 2.12. The molecule has 0 saturated carbocycles. The van der Waals surface area contributed by atoms with Crippen molar-refractivity contribution >= 4 is 11.7 Å². The van der Waals surface area contributed by atoms with Gasteiger partial charge in [-0.1, -0.05) is 13.0 Å². The van der Waals surface area contributed by atoms with Gasteiger partial charge < -0.3 is 20.5 Å². The first-order chi connectivity index (χ1) is 11.0. The molecule has 2 rings (SSSR count). The molecule has 3 N–H and O–H groups in total. The van der Waals surface area contributed by atoms with Crippen molar-refractivity contribution in [2.24, 2.45) is 5.73 Å². The summed E-state index contributed by atoms with van der Waals surface area (Å²) in [6.07, 6.45) is 2.12. The highest BCUT2D eigenvalue weighted by atomic mass is 16.5. The predicted octanol–water partition coefficient (Wildman–Crippen LogP) is 2.87. The number of carbonyl (C=O) groups is 1. The van der Waals surface area contributed by atoms with Gasteiger partial charge in [-0.05, 0) is 31.0 Å². The maximum atomic E-state index is 11.8. The Morgan fingerprint density at radius 2 is 2.04 bits per heavy atom. The number of hydrogen-bond donors (Lipinski definition) is 2. The third-order valence-electron chi connectivity index (χ3n) is 3.37. The highest BCUT2D eigenvalue weighted by Gasteiger charge is 2.12. The molecule has 0 unspecified atom stereocenters. The summed E-state index contributed by atoms with van der Waals surface area (Å²) < 4.78 is 11.1. The second-order valence-corrected chi connectivity index (χ2v) is 5.11. The summed E-state index contributed by atoms with van der Waals surface area (Å²) in [6.45, 7) is 3.81. The lowest BCUT2D eigenvalue weighted by Gasteiger charge is -2.12. The third-order valence-corrected chi connectivity index (χ3v) is 3.37. The summed E-state index contributed by atoms with van der Waals surface area (Å²) in [5, 5.41) is 2.67. The van der Waals surface area contributed by atoms with E-state index in [0.29, 0.717) is 23.7 Å². The lowest BCUT2D eigenvalue weighted by Crippen LogP contribution is -2.35. The summed E-state index contributed by atoms with van der Waals surface area (Å²) in [4.78, 5) is 15.9. The Kier molecular flexibility index (Phi) is 5.54. The zero-order valence-electron chi connectivity index (χ0n) is 13.5. The molecular formula is C17H21N3O3. The Morgan fingerprint density at radius 1 is 1.30 bits per heavy atom. The summed E-state index contributed by atoms with van der Waals surface area (Å²) in [7, 11) is 1.61. The van der Waals surface area contributed by atoms with Gasteiger partial charge in [-0.3, -0.25) is 4.79 Å². The van der Waals surface area contributed by atoms with Crippen LogP contribution in [0, 0.1) is 6.92 Å². The molecule has 0 fully saturated rings. The van der Waals surface area contributed by atoms with Gasteiger partial charge in [0.1, 0.15) is 23.1 Å². The maximum absolute atomic E-state index is 11.8. The van der Waals surface area contributed by atoms with Gasteiger partial charge in [-0.25, -0.2) is 4.98 Å². The van der Waals surface area contributed by atoms with Crippen molar-refractivity contribution in [1.82, 2.24) is 4.98 Å². The monoisotopic (exact) mass is 315 g/mol. The molecule has 0 aliphatic heterocycles. The fourth-order valence-electron chi connectivity index (χ4n) is 1.95. The van der Waals surface area contributed by atoms with Gasteiger partial charge in [-0.2, -0.15) is 0 Å². The van der Waals surface area contributed by atoms with E-state index in [9.17, 15) is 4.79 Å². The fraction of sp³-hybridized carbons (Fsp3) is 0.294. The second-order valence-electron chi connectivity index (χ2n) is 5.11. The molecule has 23 heavy (non-hydrogen) atoms. The van der Waals surface area contributed by atoms with Crippen molar-refractivity contribution in [3.63, 3.8) is 0 Å². The minimum absolute atomic E-state index is 0.269. The van der Waals surface area contributed by atoms with E-state index < -0.39 is 6.04 Å². The molecule has 0 bridgehead atoms. The smallest absolute Gasteiger partial charge is 0.242 e. The number of anilines is 1. The number of aryl methyl sites for hydroxylation is 1.